The Labute approximate surface area is 104 Å². The number of nitrogens with zero attached hydrogens (tertiary/aromatic N) is 2. The maximum absolute atomic E-state index is 5.28. The SMILES string of the molecule is CCCNC(CCC)Cc1nc(C(C)C)no1. The molecule has 1 aromatic heterocycles. The number of hydrogen-bond donors (Lipinski definition) is 1. The van der Waals surface area contributed by atoms with E-state index in [9.17, 15) is 0 Å². The second-order valence-electron chi connectivity index (χ2n) is 4.84. The Morgan fingerprint density at radius 1 is 1.24 bits per heavy atom. The van der Waals surface area contributed by atoms with E-state index in [2.05, 4.69) is 43.2 Å². The summed E-state index contributed by atoms with van der Waals surface area (Å²) >= 11 is 0. The molecule has 1 atom stereocenters. The fraction of sp³-hybridized carbons (Fsp3) is 0.846. The predicted octanol–water partition coefficient (Wildman–Crippen LogP) is 2.90. The lowest BCUT2D eigenvalue weighted by Crippen LogP contribution is -2.31. The van der Waals surface area contributed by atoms with Crippen LogP contribution in [0.3, 0.4) is 0 Å². The van der Waals surface area contributed by atoms with Gasteiger partial charge in [-0.2, -0.15) is 4.98 Å². The molecule has 4 nitrogen and oxygen atoms in total. The van der Waals surface area contributed by atoms with Crippen molar-refractivity contribution in [3.63, 3.8) is 0 Å². The van der Waals surface area contributed by atoms with Crippen LogP contribution in [0.1, 0.15) is 64.6 Å². The smallest absolute Gasteiger partial charge is 0.228 e. The first-order chi connectivity index (χ1) is 8.17. The number of hydrogen-bond acceptors (Lipinski definition) is 4. The van der Waals surface area contributed by atoms with Crippen LogP contribution in [0, 0.1) is 0 Å². The summed E-state index contributed by atoms with van der Waals surface area (Å²) in [6, 6.07) is 0.459. The molecule has 1 heterocycles. The highest BCUT2D eigenvalue weighted by Gasteiger charge is 2.14. The summed E-state index contributed by atoms with van der Waals surface area (Å²) in [5.41, 5.74) is 0. The van der Waals surface area contributed by atoms with Gasteiger partial charge >= 0.3 is 0 Å². The first kappa shape index (κ1) is 14.2. The van der Waals surface area contributed by atoms with Crippen LogP contribution in [-0.4, -0.2) is 22.7 Å². The van der Waals surface area contributed by atoms with Crippen molar-refractivity contribution in [2.75, 3.05) is 6.54 Å². The summed E-state index contributed by atoms with van der Waals surface area (Å²) < 4.78 is 5.28. The molecule has 1 rings (SSSR count). The van der Waals surface area contributed by atoms with Gasteiger partial charge in [0, 0.05) is 18.4 Å². The van der Waals surface area contributed by atoms with Gasteiger partial charge in [-0.15, -0.1) is 0 Å². The van der Waals surface area contributed by atoms with Gasteiger partial charge in [0.15, 0.2) is 5.82 Å². The molecule has 0 aliphatic heterocycles. The van der Waals surface area contributed by atoms with E-state index in [-0.39, 0.29) is 0 Å². The van der Waals surface area contributed by atoms with Crippen molar-refractivity contribution < 1.29 is 4.52 Å². The Morgan fingerprint density at radius 3 is 2.53 bits per heavy atom. The molecule has 0 amide bonds. The highest BCUT2D eigenvalue weighted by Crippen LogP contribution is 2.12. The zero-order valence-corrected chi connectivity index (χ0v) is 11.5. The predicted molar refractivity (Wildman–Crippen MR) is 69.1 cm³/mol. The molecule has 1 N–H and O–H groups in total. The van der Waals surface area contributed by atoms with Crippen LogP contribution in [0.2, 0.25) is 0 Å². The van der Waals surface area contributed by atoms with Gasteiger partial charge < -0.3 is 9.84 Å². The Balaban J connectivity index is 2.52. The van der Waals surface area contributed by atoms with E-state index in [1.54, 1.807) is 0 Å². The normalized spacial score (nSPS) is 13.2. The molecule has 1 aromatic rings. The number of aromatic nitrogens is 2. The second-order valence-corrected chi connectivity index (χ2v) is 4.84. The van der Waals surface area contributed by atoms with Crippen molar-refractivity contribution in [3.8, 4) is 0 Å². The van der Waals surface area contributed by atoms with E-state index >= 15 is 0 Å². The van der Waals surface area contributed by atoms with Crippen LogP contribution in [0.25, 0.3) is 0 Å². The molecule has 0 radical (unpaired) electrons. The lowest BCUT2D eigenvalue weighted by molar-refractivity contribution is 0.346. The Kier molecular flexibility index (Phi) is 6.19. The van der Waals surface area contributed by atoms with Gasteiger partial charge in [0.1, 0.15) is 0 Å². The van der Waals surface area contributed by atoms with Crippen LogP contribution < -0.4 is 5.32 Å². The lowest BCUT2D eigenvalue weighted by atomic mass is 10.1. The Hall–Kier alpha value is -0.900. The van der Waals surface area contributed by atoms with Gasteiger partial charge in [-0.25, -0.2) is 0 Å². The average Bonchev–Trinajstić information content (AvgIpc) is 2.75. The lowest BCUT2D eigenvalue weighted by Gasteiger charge is -2.15. The van der Waals surface area contributed by atoms with Gasteiger partial charge in [0.05, 0.1) is 0 Å². The molecule has 0 aliphatic rings. The van der Waals surface area contributed by atoms with Crippen LogP contribution >= 0.6 is 0 Å². The van der Waals surface area contributed by atoms with E-state index in [1.807, 2.05) is 0 Å². The third-order valence-corrected chi connectivity index (χ3v) is 2.74. The van der Waals surface area contributed by atoms with Gasteiger partial charge in [-0.1, -0.05) is 39.3 Å². The summed E-state index contributed by atoms with van der Waals surface area (Å²) in [5.74, 6) is 1.90. The van der Waals surface area contributed by atoms with E-state index in [0.29, 0.717) is 12.0 Å². The molecule has 17 heavy (non-hydrogen) atoms. The van der Waals surface area contributed by atoms with E-state index < -0.39 is 0 Å². The maximum Gasteiger partial charge on any atom is 0.228 e. The van der Waals surface area contributed by atoms with Crippen molar-refractivity contribution in [1.82, 2.24) is 15.5 Å². The minimum Gasteiger partial charge on any atom is -0.339 e. The zero-order chi connectivity index (χ0) is 12.7. The van der Waals surface area contributed by atoms with Crippen LogP contribution in [0.5, 0.6) is 0 Å². The fourth-order valence-electron chi connectivity index (χ4n) is 1.77. The minimum atomic E-state index is 0.334. The van der Waals surface area contributed by atoms with Gasteiger partial charge in [0.2, 0.25) is 5.89 Å². The first-order valence-electron chi connectivity index (χ1n) is 6.73. The molecule has 0 aliphatic carbocycles. The summed E-state index contributed by atoms with van der Waals surface area (Å²) in [7, 11) is 0. The minimum absolute atomic E-state index is 0.334. The first-order valence-corrected chi connectivity index (χ1v) is 6.73. The third-order valence-electron chi connectivity index (χ3n) is 2.74. The summed E-state index contributed by atoms with van der Waals surface area (Å²) in [6.45, 7) is 9.59. The highest BCUT2D eigenvalue weighted by molar-refractivity contribution is 4.93. The molecule has 98 valence electrons. The van der Waals surface area contributed by atoms with Gasteiger partial charge in [-0.3, -0.25) is 0 Å². The summed E-state index contributed by atoms with van der Waals surface area (Å²) in [4.78, 5) is 4.42. The average molecular weight is 239 g/mol. The topological polar surface area (TPSA) is 51.0 Å². The molecule has 1 unspecified atom stereocenters. The van der Waals surface area contributed by atoms with Gasteiger partial charge in [-0.05, 0) is 19.4 Å². The van der Waals surface area contributed by atoms with Crippen LogP contribution in [0.4, 0.5) is 0 Å². The highest BCUT2D eigenvalue weighted by atomic mass is 16.5. The summed E-state index contributed by atoms with van der Waals surface area (Å²) in [5, 5.41) is 7.52. The largest absolute Gasteiger partial charge is 0.339 e. The maximum atomic E-state index is 5.28. The van der Waals surface area contributed by atoms with Crippen LogP contribution in [0.15, 0.2) is 4.52 Å². The van der Waals surface area contributed by atoms with Crippen molar-refractivity contribution >= 4 is 0 Å². The summed E-state index contributed by atoms with van der Waals surface area (Å²) in [6.07, 6.45) is 4.32. The number of nitrogens with one attached hydrogen (secondary N) is 1. The fourth-order valence-corrected chi connectivity index (χ4v) is 1.77. The quantitative estimate of drug-likeness (QED) is 0.758. The molecule has 0 bridgehead atoms. The van der Waals surface area contributed by atoms with Crippen LogP contribution in [-0.2, 0) is 6.42 Å². The molecular formula is C13H25N3O. The van der Waals surface area contributed by atoms with E-state index in [4.69, 9.17) is 4.52 Å². The zero-order valence-electron chi connectivity index (χ0n) is 11.5. The molecule has 4 heteroatoms. The molecule has 0 aromatic carbocycles. The second kappa shape index (κ2) is 7.43. The Morgan fingerprint density at radius 2 is 2.00 bits per heavy atom. The molecule has 0 saturated carbocycles. The molecular weight excluding hydrogens is 214 g/mol. The van der Waals surface area contributed by atoms with Gasteiger partial charge in [0.25, 0.3) is 0 Å². The van der Waals surface area contributed by atoms with Crippen molar-refractivity contribution in [2.24, 2.45) is 0 Å². The standard InChI is InChI=1S/C13H25N3O/c1-5-7-11(14-8-6-2)9-12-15-13(10(3)4)16-17-12/h10-11,14H,5-9H2,1-4H3. The molecule has 0 saturated heterocycles. The molecule has 0 fully saturated rings. The van der Waals surface area contributed by atoms with Crippen molar-refractivity contribution in [3.05, 3.63) is 11.7 Å². The van der Waals surface area contributed by atoms with Crippen molar-refractivity contribution in [1.29, 1.82) is 0 Å². The van der Waals surface area contributed by atoms with E-state index in [1.165, 1.54) is 6.42 Å². The Bertz CT molecular complexity index is 309. The third kappa shape index (κ3) is 4.86. The monoisotopic (exact) mass is 239 g/mol. The van der Waals surface area contributed by atoms with E-state index in [0.717, 1.165) is 37.5 Å². The molecule has 0 spiro atoms. The number of rotatable bonds is 8. The van der Waals surface area contributed by atoms with Crippen molar-refractivity contribution in [2.45, 2.75) is 65.3 Å².